The summed E-state index contributed by atoms with van der Waals surface area (Å²) in [6, 6.07) is 15.5. The van der Waals surface area contributed by atoms with Gasteiger partial charge in [-0.3, -0.25) is 9.69 Å². The second-order valence-electron chi connectivity index (χ2n) is 5.31. The number of halogens is 1. The minimum Gasteiger partial charge on any atom is -0.287 e. The summed E-state index contributed by atoms with van der Waals surface area (Å²) in [6.07, 6.45) is 3.96. The molecule has 0 saturated carbocycles. The van der Waals surface area contributed by atoms with Crippen LogP contribution in [0, 0.1) is 0 Å². The van der Waals surface area contributed by atoms with E-state index < -0.39 is 0 Å². The van der Waals surface area contributed by atoms with Crippen molar-refractivity contribution in [3.8, 4) is 0 Å². The summed E-state index contributed by atoms with van der Waals surface area (Å²) < 4.78 is 0. The van der Waals surface area contributed by atoms with Gasteiger partial charge in [0.25, 0.3) is 5.91 Å². The number of amides is 1. The molecule has 0 bridgehead atoms. The molecule has 128 valence electrons. The van der Waals surface area contributed by atoms with Crippen molar-refractivity contribution in [1.29, 1.82) is 0 Å². The van der Waals surface area contributed by atoms with Gasteiger partial charge in [-0.15, -0.1) is 11.8 Å². The average Bonchev–Trinajstić information content (AvgIpc) is 2.90. The third-order valence-electron chi connectivity index (χ3n) is 3.65. The molecule has 2 aromatic carbocycles. The third kappa shape index (κ3) is 4.29. The molecule has 1 amide bonds. The molecule has 1 heterocycles. The Balaban J connectivity index is 1.90. The first-order valence-corrected chi connectivity index (χ1v) is 10.2. The lowest BCUT2D eigenvalue weighted by Gasteiger charge is -2.12. The van der Waals surface area contributed by atoms with Crippen molar-refractivity contribution in [1.82, 2.24) is 4.90 Å². The molecule has 0 aromatic heterocycles. The van der Waals surface area contributed by atoms with Crippen LogP contribution in [-0.4, -0.2) is 28.8 Å². The second kappa shape index (κ2) is 8.13. The van der Waals surface area contributed by atoms with E-state index in [4.69, 9.17) is 11.6 Å². The van der Waals surface area contributed by atoms with Crippen molar-refractivity contribution in [2.75, 3.05) is 12.8 Å². The van der Waals surface area contributed by atoms with E-state index in [1.807, 2.05) is 43.5 Å². The van der Waals surface area contributed by atoms with Crippen molar-refractivity contribution in [3.05, 3.63) is 64.0 Å². The van der Waals surface area contributed by atoms with Crippen molar-refractivity contribution in [2.24, 2.45) is 4.99 Å². The lowest BCUT2D eigenvalue weighted by molar-refractivity contribution is -0.122. The Morgan fingerprint density at radius 3 is 2.64 bits per heavy atom. The van der Waals surface area contributed by atoms with Crippen LogP contribution in [0.5, 0.6) is 0 Å². The van der Waals surface area contributed by atoms with Gasteiger partial charge in [0.1, 0.15) is 0 Å². The maximum atomic E-state index is 12.7. The summed E-state index contributed by atoms with van der Waals surface area (Å²) in [5.74, 6) is -0.0118. The van der Waals surface area contributed by atoms with E-state index in [9.17, 15) is 4.79 Å². The van der Waals surface area contributed by atoms with Gasteiger partial charge in [-0.1, -0.05) is 29.8 Å². The molecule has 25 heavy (non-hydrogen) atoms. The zero-order chi connectivity index (χ0) is 17.8. The number of aliphatic imine (C=N–C) groups is 1. The number of benzene rings is 2. The average molecular weight is 389 g/mol. The highest BCUT2D eigenvalue weighted by Gasteiger charge is 2.32. The Labute approximate surface area is 161 Å². The largest absolute Gasteiger partial charge is 0.287 e. The molecular weight excluding hydrogens is 372 g/mol. The first kappa shape index (κ1) is 18.1. The maximum Gasteiger partial charge on any atom is 0.266 e. The van der Waals surface area contributed by atoms with Crippen LogP contribution in [0.2, 0.25) is 5.02 Å². The van der Waals surface area contributed by atoms with Gasteiger partial charge in [-0.25, -0.2) is 4.99 Å². The van der Waals surface area contributed by atoms with Crippen LogP contribution in [0.3, 0.4) is 0 Å². The number of nitrogens with zero attached hydrogens (tertiary/aromatic N) is 2. The number of thioether (sulfide) groups is 2. The number of hydrogen-bond acceptors (Lipinski definition) is 4. The van der Waals surface area contributed by atoms with E-state index in [-0.39, 0.29) is 5.91 Å². The zero-order valence-electron chi connectivity index (χ0n) is 13.9. The van der Waals surface area contributed by atoms with Crippen molar-refractivity contribution < 1.29 is 4.79 Å². The van der Waals surface area contributed by atoms with Gasteiger partial charge in [0.05, 0.1) is 10.6 Å². The van der Waals surface area contributed by atoms with Gasteiger partial charge in [-0.05, 0) is 66.9 Å². The Morgan fingerprint density at radius 1 is 1.24 bits per heavy atom. The molecule has 0 atom stereocenters. The number of rotatable bonds is 4. The fraction of sp³-hybridized carbons (Fsp3) is 0.158. The number of hydrogen-bond donors (Lipinski definition) is 0. The minimum atomic E-state index is -0.0118. The van der Waals surface area contributed by atoms with Crippen molar-refractivity contribution in [3.63, 3.8) is 0 Å². The predicted octanol–water partition coefficient (Wildman–Crippen LogP) is 5.69. The molecule has 0 aliphatic carbocycles. The summed E-state index contributed by atoms with van der Waals surface area (Å²) in [4.78, 5) is 20.8. The standard InChI is InChI=1S/C19H17ClN2OS2/c1-3-22-18(23)17(11-13-7-9-16(24-2)10-8-13)25-19(22)21-15-6-4-5-14(20)12-15/h4-12H,3H2,1-2H3/b17-11+,21-19?. The van der Waals surface area contributed by atoms with Gasteiger partial charge in [0, 0.05) is 16.5 Å². The quantitative estimate of drug-likeness (QED) is 0.498. The predicted molar refractivity (Wildman–Crippen MR) is 110 cm³/mol. The first-order chi connectivity index (χ1) is 12.1. The smallest absolute Gasteiger partial charge is 0.266 e. The molecular formula is C19H17ClN2OS2. The Hall–Kier alpha value is -1.69. The highest BCUT2D eigenvalue weighted by Crippen LogP contribution is 2.34. The van der Waals surface area contributed by atoms with E-state index in [1.165, 1.54) is 16.7 Å². The molecule has 6 heteroatoms. The van der Waals surface area contributed by atoms with Crippen molar-refractivity contribution in [2.45, 2.75) is 11.8 Å². The van der Waals surface area contributed by atoms with E-state index >= 15 is 0 Å². The highest BCUT2D eigenvalue weighted by molar-refractivity contribution is 8.18. The fourth-order valence-corrected chi connectivity index (χ4v) is 4.03. The van der Waals surface area contributed by atoms with Gasteiger partial charge in [0.2, 0.25) is 0 Å². The summed E-state index contributed by atoms with van der Waals surface area (Å²) in [7, 11) is 0. The van der Waals surface area contributed by atoms with E-state index in [0.29, 0.717) is 21.6 Å². The molecule has 1 aliphatic rings. The normalized spacial score (nSPS) is 17.7. The molecule has 3 rings (SSSR count). The van der Waals surface area contributed by atoms with E-state index in [2.05, 4.69) is 17.1 Å². The van der Waals surface area contributed by atoms with Gasteiger partial charge < -0.3 is 0 Å². The van der Waals surface area contributed by atoms with Crippen LogP contribution in [0.25, 0.3) is 6.08 Å². The van der Waals surface area contributed by atoms with E-state index in [0.717, 1.165) is 11.3 Å². The maximum absolute atomic E-state index is 12.7. The van der Waals surface area contributed by atoms with Crippen LogP contribution in [0.1, 0.15) is 12.5 Å². The van der Waals surface area contributed by atoms with Gasteiger partial charge in [-0.2, -0.15) is 0 Å². The summed E-state index contributed by atoms with van der Waals surface area (Å²) in [6.45, 7) is 2.52. The van der Waals surface area contributed by atoms with Crippen LogP contribution in [-0.2, 0) is 4.79 Å². The molecule has 0 spiro atoms. The zero-order valence-corrected chi connectivity index (χ0v) is 16.3. The highest BCUT2D eigenvalue weighted by atomic mass is 35.5. The Bertz CT molecular complexity index is 847. The van der Waals surface area contributed by atoms with Crippen LogP contribution < -0.4 is 0 Å². The molecule has 0 unspecified atom stereocenters. The molecule has 1 fully saturated rings. The van der Waals surface area contributed by atoms with Crippen LogP contribution >= 0.6 is 35.1 Å². The summed E-state index contributed by atoms with van der Waals surface area (Å²) in [5.41, 5.74) is 1.75. The number of amidine groups is 1. The second-order valence-corrected chi connectivity index (χ2v) is 7.63. The molecule has 1 aliphatic heterocycles. The SMILES string of the molecule is CCN1C(=O)/C(=C\c2ccc(SC)cc2)SC1=Nc1cccc(Cl)c1. The number of likely N-dealkylation sites (N-methyl/N-ethyl adjacent to an activating group) is 1. The summed E-state index contributed by atoms with van der Waals surface area (Å²) in [5, 5.41) is 1.31. The van der Waals surface area contributed by atoms with Crippen molar-refractivity contribution >= 4 is 58.0 Å². The lowest BCUT2D eigenvalue weighted by atomic mass is 10.2. The molecule has 1 saturated heterocycles. The molecule has 3 nitrogen and oxygen atoms in total. The van der Waals surface area contributed by atoms with Crippen LogP contribution in [0.4, 0.5) is 5.69 Å². The molecule has 0 N–H and O–H groups in total. The monoisotopic (exact) mass is 388 g/mol. The molecule has 0 radical (unpaired) electrons. The molecule has 2 aromatic rings. The van der Waals surface area contributed by atoms with Crippen LogP contribution in [0.15, 0.2) is 63.3 Å². The summed E-state index contributed by atoms with van der Waals surface area (Å²) >= 11 is 9.11. The number of carbonyl (C=O) groups is 1. The minimum absolute atomic E-state index is 0.0118. The first-order valence-electron chi connectivity index (χ1n) is 7.80. The Morgan fingerprint density at radius 2 is 2.00 bits per heavy atom. The third-order valence-corrected chi connectivity index (χ3v) is 5.64. The van der Waals surface area contributed by atoms with Gasteiger partial charge in [0.15, 0.2) is 5.17 Å². The fourth-order valence-electron chi connectivity index (χ4n) is 2.38. The topological polar surface area (TPSA) is 32.7 Å². The lowest BCUT2D eigenvalue weighted by Crippen LogP contribution is -2.28. The number of carbonyl (C=O) groups excluding carboxylic acids is 1. The Kier molecular flexibility index (Phi) is 5.89. The van der Waals surface area contributed by atoms with Gasteiger partial charge >= 0.3 is 0 Å². The van der Waals surface area contributed by atoms with E-state index in [1.54, 1.807) is 28.8 Å².